The molecule has 102 valence electrons. The van der Waals surface area contributed by atoms with Crippen LogP contribution in [0.25, 0.3) is 0 Å². The fourth-order valence-corrected chi connectivity index (χ4v) is 1.89. The number of hydrogen-bond donors (Lipinski definition) is 1. The third-order valence-corrected chi connectivity index (χ3v) is 3.07. The summed E-state index contributed by atoms with van der Waals surface area (Å²) in [4.78, 5) is 6.31. The Labute approximate surface area is 119 Å². The summed E-state index contributed by atoms with van der Waals surface area (Å²) in [5, 5.41) is 12.1. The lowest BCUT2D eigenvalue weighted by atomic mass is 10.2. The van der Waals surface area contributed by atoms with Gasteiger partial charge in [-0.2, -0.15) is 5.26 Å². The lowest BCUT2D eigenvalue weighted by Gasteiger charge is -2.20. The number of pyridine rings is 1. The van der Waals surface area contributed by atoms with Crippen molar-refractivity contribution in [3.8, 4) is 6.07 Å². The molecule has 20 heavy (non-hydrogen) atoms. The number of benzene rings is 1. The van der Waals surface area contributed by atoms with E-state index in [1.54, 1.807) is 0 Å². The number of hydrogen-bond acceptors (Lipinski definition) is 4. The monoisotopic (exact) mass is 266 g/mol. The molecule has 1 aromatic heterocycles. The molecular weight excluding hydrogens is 248 g/mol. The zero-order valence-corrected chi connectivity index (χ0v) is 11.8. The van der Waals surface area contributed by atoms with E-state index in [2.05, 4.69) is 29.4 Å². The van der Waals surface area contributed by atoms with Crippen LogP contribution in [0.4, 0.5) is 17.1 Å². The van der Waals surface area contributed by atoms with E-state index < -0.39 is 0 Å². The van der Waals surface area contributed by atoms with Gasteiger partial charge in [0.25, 0.3) is 0 Å². The summed E-state index contributed by atoms with van der Waals surface area (Å²) in [6, 6.07) is 11.7. The summed E-state index contributed by atoms with van der Waals surface area (Å²) in [6.45, 7) is 3.07. The van der Waals surface area contributed by atoms with Gasteiger partial charge in [0, 0.05) is 19.3 Å². The van der Waals surface area contributed by atoms with Gasteiger partial charge in [-0.3, -0.25) is 4.98 Å². The van der Waals surface area contributed by atoms with Crippen molar-refractivity contribution in [3.63, 3.8) is 0 Å². The van der Waals surface area contributed by atoms with Gasteiger partial charge in [-0.15, -0.1) is 0 Å². The lowest BCUT2D eigenvalue weighted by molar-refractivity contribution is 0.977. The van der Waals surface area contributed by atoms with Crippen LogP contribution in [-0.4, -0.2) is 18.6 Å². The minimum absolute atomic E-state index is 0.665. The molecule has 4 nitrogen and oxygen atoms in total. The van der Waals surface area contributed by atoms with Gasteiger partial charge in [-0.05, 0) is 36.8 Å². The Balaban J connectivity index is 2.19. The van der Waals surface area contributed by atoms with E-state index >= 15 is 0 Å². The first-order valence-electron chi connectivity index (χ1n) is 6.67. The van der Waals surface area contributed by atoms with Gasteiger partial charge < -0.3 is 10.2 Å². The van der Waals surface area contributed by atoms with Crippen LogP contribution in [0.1, 0.15) is 18.9 Å². The molecule has 0 bridgehead atoms. The maximum atomic E-state index is 8.82. The summed E-state index contributed by atoms with van der Waals surface area (Å²) >= 11 is 0. The second-order valence-corrected chi connectivity index (χ2v) is 4.58. The molecule has 1 aromatic carbocycles. The van der Waals surface area contributed by atoms with Crippen molar-refractivity contribution in [2.45, 2.75) is 13.3 Å². The molecule has 1 heterocycles. The highest BCUT2D eigenvalue weighted by molar-refractivity contribution is 5.65. The van der Waals surface area contributed by atoms with E-state index in [0.717, 1.165) is 30.0 Å². The third-order valence-electron chi connectivity index (χ3n) is 3.07. The van der Waals surface area contributed by atoms with Crippen LogP contribution in [0.5, 0.6) is 0 Å². The molecule has 0 aliphatic heterocycles. The quantitative estimate of drug-likeness (QED) is 0.899. The van der Waals surface area contributed by atoms with Crippen LogP contribution in [0.15, 0.2) is 42.7 Å². The fourth-order valence-electron chi connectivity index (χ4n) is 1.89. The molecule has 0 atom stereocenters. The van der Waals surface area contributed by atoms with Gasteiger partial charge in [0.05, 0.1) is 35.4 Å². The van der Waals surface area contributed by atoms with Gasteiger partial charge in [-0.25, -0.2) is 0 Å². The Kier molecular flexibility index (Phi) is 4.56. The second kappa shape index (κ2) is 6.58. The first-order valence-corrected chi connectivity index (χ1v) is 6.67. The molecule has 0 spiro atoms. The minimum atomic E-state index is 0.665. The Morgan fingerprint density at radius 1 is 1.20 bits per heavy atom. The van der Waals surface area contributed by atoms with E-state index in [1.165, 1.54) is 0 Å². The second-order valence-electron chi connectivity index (χ2n) is 4.58. The van der Waals surface area contributed by atoms with Gasteiger partial charge in [0.2, 0.25) is 0 Å². The largest absolute Gasteiger partial charge is 0.384 e. The maximum Gasteiger partial charge on any atom is 0.0991 e. The Bertz CT molecular complexity index is 599. The number of nitrogens with zero attached hydrogens (tertiary/aromatic N) is 3. The number of rotatable bonds is 5. The van der Waals surface area contributed by atoms with E-state index in [-0.39, 0.29) is 0 Å². The van der Waals surface area contributed by atoms with E-state index in [4.69, 9.17) is 5.26 Å². The standard InChI is InChI=1S/C16H18N4/c1-3-8-19-14-9-16(12-18-11-14)20(2)15-6-4-13(10-17)5-7-15/h4-7,9,11-12,19H,3,8H2,1-2H3. The predicted octanol–water partition coefficient (Wildman–Crippen LogP) is 3.54. The molecular formula is C16H18N4. The number of anilines is 3. The first kappa shape index (κ1) is 13.9. The highest BCUT2D eigenvalue weighted by Crippen LogP contribution is 2.25. The molecule has 0 unspecified atom stereocenters. The van der Waals surface area contributed by atoms with Gasteiger partial charge in [0.15, 0.2) is 0 Å². The maximum absolute atomic E-state index is 8.82. The smallest absolute Gasteiger partial charge is 0.0991 e. The minimum Gasteiger partial charge on any atom is -0.384 e. The van der Waals surface area contributed by atoms with Crippen molar-refractivity contribution in [1.82, 2.24) is 4.98 Å². The molecule has 0 aliphatic carbocycles. The van der Waals surface area contributed by atoms with Crippen LogP contribution in [0.3, 0.4) is 0 Å². The Hall–Kier alpha value is -2.54. The highest BCUT2D eigenvalue weighted by Gasteiger charge is 2.05. The molecule has 0 amide bonds. The summed E-state index contributed by atoms with van der Waals surface area (Å²) in [5.74, 6) is 0. The predicted molar refractivity (Wildman–Crippen MR) is 82.2 cm³/mol. The molecule has 0 aliphatic rings. The third kappa shape index (κ3) is 3.27. The SMILES string of the molecule is CCCNc1cncc(N(C)c2ccc(C#N)cc2)c1. The van der Waals surface area contributed by atoms with Gasteiger partial charge in [-0.1, -0.05) is 6.92 Å². The zero-order valence-electron chi connectivity index (χ0n) is 11.8. The van der Waals surface area contributed by atoms with Crippen molar-refractivity contribution in [1.29, 1.82) is 5.26 Å². The fraction of sp³-hybridized carbons (Fsp3) is 0.250. The van der Waals surface area contributed by atoms with Crippen LogP contribution >= 0.6 is 0 Å². The topological polar surface area (TPSA) is 52.0 Å². The van der Waals surface area contributed by atoms with E-state index in [1.807, 2.05) is 48.6 Å². The Morgan fingerprint density at radius 2 is 1.95 bits per heavy atom. The average Bonchev–Trinajstić information content (AvgIpc) is 2.52. The molecule has 4 heteroatoms. The molecule has 2 rings (SSSR count). The lowest BCUT2D eigenvalue weighted by Crippen LogP contribution is -2.10. The van der Waals surface area contributed by atoms with E-state index in [0.29, 0.717) is 5.56 Å². The first-order chi connectivity index (χ1) is 9.74. The summed E-state index contributed by atoms with van der Waals surface area (Å²) < 4.78 is 0. The van der Waals surface area contributed by atoms with Crippen molar-refractivity contribution >= 4 is 17.1 Å². The molecule has 0 saturated heterocycles. The molecule has 1 N–H and O–H groups in total. The van der Waals surface area contributed by atoms with Gasteiger partial charge in [0.1, 0.15) is 0 Å². The normalized spacial score (nSPS) is 9.85. The van der Waals surface area contributed by atoms with Crippen molar-refractivity contribution in [2.75, 3.05) is 23.8 Å². The van der Waals surface area contributed by atoms with Crippen molar-refractivity contribution < 1.29 is 0 Å². The van der Waals surface area contributed by atoms with Crippen LogP contribution in [0.2, 0.25) is 0 Å². The van der Waals surface area contributed by atoms with Gasteiger partial charge >= 0.3 is 0 Å². The summed E-state index contributed by atoms with van der Waals surface area (Å²) in [6.07, 6.45) is 4.73. The highest BCUT2D eigenvalue weighted by atomic mass is 15.1. The summed E-state index contributed by atoms with van der Waals surface area (Å²) in [5.41, 5.74) is 3.72. The molecule has 0 radical (unpaired) electrons. The van der Waals surface area contributed by atoms with E-state index in [9.17, 15) is 0 Å². The zero-order chi connectivity index (χ0) is 14.4. The van der Waals surface area contributed by atoms with Crippen LogP contribution in [-0.2, 0) is 0 Å². The molecule has 2 aromatic rings. The van der Waals surface area contributed by atoms with Crippen molar-refractivity contribution in [2.24, 2.45) is 0 Å². The van der Waals surface area contributed by atoms with Crippen molar-refractivity contribution in [3.05, 3.63) is 48.3 Å². The van der Waals surface area contributed by atoms with Crippen LogP contribution in [0, 0.1) is 11.3 Å². The number of nitrogens with one attached hydrogen (secondary N) is 1. The van der Waals surface area contributed by atoms with Crippen LogP contribution < -0.4 is 10.2 Å². The molecule has 0 saturated carbocycles. The Morgan fingerprint density at radius 3 is 2.60 bits per heavy atom. The summed E-state index contributed by atoms with van der Waals surface area (Å²) in [7, 11) is 1.99. The number of aromatic nitrogens is 1. The number of nitriles is 1. The molecule has 0 fully saturated rings. The average molecular weight is 266 g/mol.